The van der Waals surface area contributed by atoms with Crippen LogP contribution in [-0.4, -0.2) is 23.2 Å². The van der Waals surface area contributed by atoms with Gasteiger partial charge in [0.2, 0.25) is 5.82 Å². The molecule has 0 radical (unpaired) electrons. The van der Waals surface area contributed by atoms with Crippen molar-refractivity contribution in [2.45, 2.75) is 32.7 Å². The first-order chi connectivity index (χ1) is 12.4. The summed E-state index contributed by atoms with van der Waals surface area (Å²) in [5, 5.41) is 1.00. The highest BCUT2D eigenvalue weighted by molar-refractivity contribution is 6.39. The van der Waals surface area contributed by atoms with Crippen molar-refractivity contribution in [1.29, 1.82) is 0 Å². The third-order valence-corrected chi connectivity index (χ3v) is 5.45. The molecule has 1 aliphatic carbocycles. The number of halogens is 3. The Labute approximate surface area is 167 Å². The normalized spacial score (nSPS) is 15.0. The molecule has 1 aromatic carbocycles. The van der Waals surface area contributed by atoms with E-state index in [2.05, 4.69) is 4.98 Å². The maximum Gasteiger partial charge on any atom is 0.294 e. The number of hydrogen-bond acceptors (Lipinski definition) is 4. The van der Waals surface area contributed by atoms with E-state index in [0.29, 0.717) is 33.9 Å². The summed E-state index contributed by atoms with van der Waals surface area (Å²) in [6.07, 6.45) is 3.84. The molecule has 2 aromatic rings. The number of aromatic nitrogens is 2. The summed E-state index contributed by atoms with van der Waals surface area (Å²) >= 11 is 19.1. The van der Waals surface area contributed by atoms with Crippen molar-refractivity contribution in [2.24, 2.45) is 5.92 Å². The van der Waals surface area contributed by atoms with Gasteiger partial charge in [0, 0.05) is 30.9 Å². The van der Waals surface area contributed by atoms with Crippen LogP contribution in [0.25, 0.3) is 0 Å². The van der Waals surface area contributed by atoms with Crippen molar-refractivity contribution < 1.29 is 4.74 Å². The van der Waals surface area contributed by atoms with Gasteiger partial charge in [-0.05, 0) is 32.6 Å². The van der Waals surface area contributed by atoms with Crippen molar-refractivity contribution in [3.05, 3.63) is 43.9 Å². The summed E-state index contributed by atoms with van der Waals surface area (Å²) in [6, 6.07) is 3.38. The number of anilines is 2. The van der Waals surface area contributed by atoms with Crippen LogP contribution in [0.3, 0.4) is 0 Å². The van der Waals surface area contributed by atoms with E-state index in [9.17, 15) is 4.79 Å². The maximum absolute atomic E-state index is 13.1. The van der Waals surface area contributed by atoms with Crippen LogP contribution in [0.4, 0.5) is 11.5 Å². The zero-order valence-electron chi connectivity index (χ0n) is 14.8. The van der Waals surface area contributed by atoms with Crippen molar-refractivity contribution >= 4 is 46.3 Å². The molecule has 5 nitrogen and oxygen atoms in total. The Morgan fingerprint density at radius 2 is 1.92 bits per heavy atom. The average molecular weight is 417 g/mol. The summed E-state index contributed by atoms with van der Waals surface area (Å²) in [6.45, 7) is 4.38. The van der Waals surface area contributed by atoms with Crippen LogP contribution in [0.1, 0.15) is 32.7 Å². The SMILES string of the molecule is CCN(c1c(Cl)cc(OC)cc1Cl)c1nc(Cl)cn([C@H](C)C2CC2)c1=O. The number of methoxy groups -OCH3 is 1. The van der Waals surface area contributed by atoms with E-state index >= 15 is 0 Å². The first kappa shape index (κ1) is 19.3. The fourth-order valence-electron chi connectivity index (χ4n) is 3.08. The molecular formula is C18H20Cl3N3O2. The molecule has 1 aliphatic rings. The van der Waals surface area contributed by atoms with E-state index in [1.807, 2.05) is 13.8 Å². The Kier molecular flexibility index (Phi) is 5.70. The van der Waals surface area contributed by atoms with E-state index in [-0.39, 0.29) is 22.6 Å². The second kappa shape index (κ2) is 7.67. The Balaban J connectivity index is 2.13. The predicted octanol–water partition coefficient (Wildman–Crippen LogP) is 5.34. The molecule has 8 heteroatoms. The average Bonchev–Trinajstić information content (AvgIpc) is 3.44. The van der Waals surface area contributed by atoms with Gasteiger partial charge < -0.3 is 14.2 Å². The molecule has 1 aromatic heterocycles. The summed E-state index contributed by atoms with van der Waals surface area (Å²) < 4.78 is 6.85. The number of ether oxygens (including phenoxy) is 1. The van der Waals surface area contributed by atoms with Gasteiger partial charge in [-0.15, -0.1) is 0 Å². The van der Waals surface area contributed by atoms with Gasteiger partial charge in [-0.1, -0.05) is 34.8 Å². The van der Waals surface area contributed by atoms with Gasteiger partial charge in [-0.25, -0.2) is 4.98 Å². The zero-order chi connectivity index (χ0) is 19.0. The second-order valence-electron chi connectivity index (χ2n) is 6.36. The Morgan fingerprint density at radius 1 is 1.31 bits per heavy atom. The van der Waals surface area contributed by atoms with Crippen LogP contribution in [0.15, 0.2) is 23.1 Å². The molecule has 26 heavy (non-hydrogen) atoms. The van der Waals surface area contributed by atoms with Crippen molar-refractivity contribution in [3.8, 4) is 5.75 Å². The number of hydrogen-bond donors (Lipinski definition) is 0. The van der Waals surface area contributed by atoms with Crippen LogP contribution < -0.4 is 15.2 Å². The van der Waals surface area contributed by atoms with Gasteiger partial charge in [0.1, 0.15) is 10.9 Å². The number of nitrogens with zero attached hydrogens (tertiary/aromatic N) is 3. The van der Waals surface area contributed by atoms with Crippen molar-refractivity contribution in [1.82, 2.24) is 9.55 Å². The second-order valence-corrected chi connectivity index (χ2v) is 7.56. The van der Waals surface area contributed by atoms with Gasteiger partial charge in [0.25, 0.3) is 5.56 Å². The minimum Gasteiger partial charge on any atom is -0.497 e. The number of rotatable bonds is 6. The van der Waals surface area contributed by atoms with E-state index in [1.54, 1.807) is 27.8 Å². The first-order valence-corrected chi connectivity index (χ1v) is 9.60. The summed E-state index contributed by atoms with van der Waals surface area (Å²) in [5.74, 6) is 1.25. The molecule has 0 saturated heterocycles. The lowest BCUT2D eigenvalue weighted by Gasteiger charge is -2.26. The molecular weight excluding hydrogens is 397 g/mol. The highest BCUT2D eigenvalue weighted by atomic mass is 35.5. The maximum atomic E-state index is 13.1. The van der Waals surface area contributed by atoms with Crippen LogP contribution in [0.5, 0.6) is 5.75 Å². The lowest BCUT2D eigenvalue weighted by atomic mass is 10.2. The predicted molar refractivity (Wildman–Crippen MR) is 107 cm³/mol. The first-order valence-electron chi connectivity index (χ1n) is 8.46. The molecule has 0 bridgehead atoms. The van der Waals surface area contributed by atoms with Gasteiger partial charge in [-0.2, -0.15) is 0 Å². The van der Waals surface area contributed by atoms with Gasteiger partial charge >= 0.3 is 0 Å². The minimum absolute atomic E-state index is 0.0715. The molecule has 1 heterocycles. The number of benzene rings is 1. The smallest absolute Gasteiger partial charge is 0.294 e. The standard InChI is InChI=1S/C18H20Cl3N3O2/c1-4-23(16-13(19)7-12(26-3)8-14(16)20)17-18(25)24(9-15(21)22-17)10(2)11-5-6-11/h7-11H,4-6H2,1-3H3/t10-/m1/s1. The minimum atomic E-state index is -0.210. The van der Waals surface area contributed by atoms with Gasteiger partial charge in [0.15, 0.2) is 0 Å². The lowest BCUT2D eigenvalue weighted by molar-refractivity contribution is 0.415. The molecule has 0 amide bonds. The highest BCUT2D eigenvalue weighted by Crippen LogP contribution is 2.41. The molecule has 1 saturated carbocycles. The zero-order valence-corrected chi connectivity index (χ0v) is 17.1. The van der Waals surface area contributed by atoms with Crippen LogP contribution in [0, 0.1) is 5.92 Å². The highest BCUT2D eigenvalue weighted by Gasteiger charge is 2.31. The third-order valence-electron chi connectivity index (χ3n) is 4.70. The van der Waals surface area contributed by atoms with Crippen LogP contribution in [0.2, 0.25) is 15.2 Å². The monoisotopic (exact) mass is 415 g/mol. The third kappa shape index (κ3) is 3.66. The van der Waals surface area contributed by atoms with Gasteiger partial charge in [0.05, 0.1) is 22.8 Å². The van der Waals surface area contributed by atoms with E-state index in [4.69, 9.17) is 39.5 Å². The fourth-order valence-corrected chi connectivity index (χ4v) is 3.94. The van der Waals surface area contributed by atoms with Gasteiger partial charge in [-0.3, -0.25) is 4.79 Å². The molecule has 1 atom stereocenters. The molecule has 0 aliphatic heterocycles. The quantitative estimate of drug-likeness (QED) is 0.637. The summed E-state index contributed by atoms with van der Waals surface area (Å²) in [7, 11) is 1.54. The van der Waals surface area contributed by atoms with E-state index in [0.717, 1.165) is 12.8 Å². The van der Waals surface area contributed by atoms with E-state index < -0.39 is 0 Å². The van der Waals surface area contributed by atoms with E-state index in [1.165, 1.54) is 7.11 Å². The van der Waals surface area contributed by atoms with Crippen molar-refractivity contribution in [2.75, 3.05) is 18.6 Å². The fraction of sp³-hybridized carbons (Fsp3) is 0.444. The van der Waals surface area contributed by atoms with Crippen molar-refractivity contribution in [3.63, 3.8) is 0 Å². The van der Waals surface area contributed by atoms with Crippen LogP contribution in [-0.2, 0) is 0 Å². The molecule has 0 spiro atoms. The topological polar surface area (TPSA) is 47.4 Å². The Bertz CT molecular complexity index is 857. The summed E-state index contributed by atoms with van der Waals surface area (Å²) in [5.41, 5.74) is 0.299. The van der Waals surface area contributed by atoms with Crippen LogP contribution >= 0.6 is 34.8 Å². The molecule has 0 N–H and O–H groups in total. The lowest BCUT2D eigenvalue weighted by Crippen LogP contribution is -2.32. The Morgan fingerprint density at radius 3 is 2.42 bits per heavy atom. The molecule has 1 fully saturated rings. The molecule has 140 valence electrons. The Hall–Kier alpha value is -1.43. The molecule has 3 rings (SSSR count). The largest absolute Gasteiger partial charge is 0.497 e. The summed E-state index contributed by atoms with van der Waals surface area (Å²) in [4.78, 5) is 19.1. The molecule has 0 unspecified atom stereocenters.